The highest BCUT2D eigenvalue weighted by Gasteiger charge is 2.30. The molecule has 0 amide bonds. The second kappa shape index (κ2) is 5.75. The Morgan fingerprint density at radius 1 is 1.40 bits per heavy atom. The molecule has 1 aliphatic carbocycles. The van der Waals surface area contributed by atoms with Crippen molar-refractivity contribution in [2.45, 2.75) is 44.6 Å². The highest BCUT2D eigenvalue weighted by molar-refractivity contribution is 5.51. The average molecular weight is 275 g/mol. The van der Waals surface area contributed by atoms with Crippen LogP contribution in [0.15, 0.2) is 16.9 Å². The molecular weight excluding hydrogens is 254 g/mol. The molecule has 6 heteroatoms. The third-order valence-corrected chi connectivity index (χ3v) is 3.95. The molecule has 0 aromatic carbocycles. The van der Waals surface area contributed by atoms with Crippen LogP contribution in [0, 0.1) is 0 Å². The summed E-state index contributed by atoms with van der Waals surface area (Å²) in [7, 11) is 1.88. The van der Waals surface area contributed by atoms with Crippen molar-refractivity contribution in [3.63, 3.8) is 0 Å². The standard InChI is InChI=1S/C14H21N5O/c1-3-15-12-7-5-4-6-11(12)14-17-13(18-20-14)10-8-16-19(2)9-10/h8-9,11-12,15H,3-7H2,1-2H3. The van der Waals surface area contributed by atoms with Crippen LogP contribution >= 0.6 is 0 Å². The van der Waals surface area contributed by atoms with Crippen molar-refractivity contribution in [3.8, 4) is 11.4 Å². The molecule has 6 nitrogen and oxygen atoms in total. The molecule has 1 fully saturated rings. The molecule has 0 bridgehead atoms. The molecule has 1 N–H and O–H groups in total. The minimum atomic E-state index is 0.335. The fourth-order valence-corrected chi connectivity index (χ4v) is 2.97. The Bertz CT molecular complexity index is 559. The molecule has 108 valence electrons. The van der Waals surface area contributed by atoms with Crippen molar-refractivity contribution in [2.75, 3.05) is 6.54 Å². The van der Waals surface area contributed by atoms with Gasteiger partial charge in [-0.2, -0.15) is 10.1 Å². The Morgan fingerprint density at radius 3 is 3.00 bits per heavy atom. The van der Waals surface area contributed by atoms with Crippen LogP contribution in [0.25, 0.3) is 11.4 Å². The number of nitrogens with zero attached hydrogens (tertiary/aromatic N) is 4. The van der Waals surface area contributed by atoms with E-state index in [9.17, 15) is 0 Å². The predicted molar refractivity (Wildman–Crippen MR) is 75.2 cm³/mol. The summed E-state index contributed by atoms with van der Waals surface area (Å²) >= 11 is 0. The minimum absolute atomic E-state index is 0.335. The van der Waals surface area contributed by atoms with Crippen LogP contribution in [0.1, 0.15) is 44.4 Å². The maximum atomic E-state index is 5.51. The van der Waals surface area contributed by atoms with Crippen molar-refractivity contribution in [1.82, 2.24) is 25.2 Å². The van der Waals surface area contributed by atoms with Gasteiger partial charge < -0.3 is 9.84 Å². The second-order valence-corrected chi connectivity index (χ2v) is 5.41. The lowest BCUT2D eigenvalue weighted by molar-refractivity contribution is 0.265. The fourth-order valence-electron chi connectivity index (χ4n) is 2.97. The summed E-state index contributed by atoms with van der Waals surface area (Å²) in [5, 5.41) is 11.8. The molecule has 2 unspecified atom stereocenters. The summed E-state index contributed by atoms with van der Waals surface area (Å²) in [6.45, 7) is 3.12. The number of aromatic nitrogens is 4. The molecule has 1 aliphatic rings. The highest BCUT2D eigenvalue weighted by atomic mass is 16.5. The van der Waals surface area contributed by atoms with Gasteiger partial charge in [0, 0.05) is 19.3 Å². The zero-order valence-electron chi connectivity index (χ0n) is 12.0. The molecular formula is C14H21N5O. The maximum absolute atomic E-state index is 5.51. The number of nitrogens with one attached hydrogen (secondary N) is 1. The van der Waals surface area contributed by atoms with E-state index >= 15 is 0 Å². The van der Waals surface area contributed by atoms with Gasteiger partial charge in [0.2, 0.25) is 11.7 Å². The van der Waals surface area contributed by atoms with Gasteiger partial charge in [-0.1, -0.05) is 24.9 Å². The molecule has 2 aromatic heterocycles. The third-order valence-electron chi connectivity index (χ3n) is 3.95. The number of hydrogen-bond donors (Lipinski definition) is 1. The van der Waals surface area contributed by atoms with Gasteiger partial charge in [0.25, 0.3) is 0 Å². The highest BCUT2D eigenvalue weighted by Crippen LogP contribution is 2.33. The van der Waals surface area contributed by atoms with E-state index in [1.807, 2.05) is 13.2 Å². The molecule has 20 heavy (non-hydrogen) atoms. The number of aryl methyl sites for hydroxylation is 1. The van der Waals surface area contributed by atoms with Gasteiger partial charge in [0.1, 0.15) is 0 Å². The predicted octanol–water partition coefficient (Wildman–Crippen LogP) is 2.11. The molecule has 2 atom stereocenters. The molecule has 3 rings (SSSR count). The zero-order chi connectivity index (χ0) is 13.9. The topological polar surface area (TPSA) is 68.8 Å². The van der Waals surface area contributed by atoms with E-state index in [4.69, 9.17) is 4.52 Å². The Kier molecular flexibility index (Phi) is 3.82. The first-order chi connectivity index (χ1) is 9.78. The van der Waals surface area contributed by atoms with Gasteiger partial charge >= 0.3 is 0 Å². The monoisotopic (exact) mass is 275 g/mol. The molecule has 0 spiro atoms. The molecule has 0 radical (unpaired) electrons. The first-order valence-electron chi connectivity index (χ1n) is 7.34. The van der Waals surface area contributed by atoms with Gasteiger partial charge in [-0.3, -0.25) is 4.68 Å². The Hall–Kier alpha value is -1.69. The smallest absolute Gasteiger partial charge is 0.231 e. The van der Waals surface area contributed by atoms with Gasteiger partial charge in [-0.05, 0) is 19.4 Å². The Labute approximate surface area is 118 Å². The van der Waals surface area contributed by atoms with Gasteiger partial charge in [0.05, 0.1) is 17.7 Å². The summed E-state index contributed by atoms with van der Waals surface area (Å²) in [4.78, 5) is 4.58. The van der Waals surface area contributed by atoms with Crippen LogP contribution in [0.3, 0.4) is 0 Å². The first-order valence-corrected chi connectivity index (χ1v) is 7.34. The summed E-state index contributed by atoms with van der Waals surface area (Å²) in [5.41, 5.74) is 0.901. The summed E-state index contributed by atoms with van der Waals surface area (Å²) in [6.07, 6.45) is 8.47. The van der Waals surface area contributed by atoms with Crippen molar-refractivity contribution in [3.05, 3.63) is 18.3 Å². The van der Waals surface area contributed by atoms with E-state index in [2.05, 4.69) is 27.5 Å². The summed E-state index contributed by atoms with van der Waals surface area (Å²) < 4.78 is 7.25. The van der Waals surface area contributed by atoms with Crippen LogP contribution in [-0.2, 0) is 7.05 Å². The quantitative estimate of drug-likeness (QED) is 0.925. The lowest BCUT2D eigenvalue weighted by Crippen LogP contribution is -2.37. The van der Waals surface area contributed by atoms with Crippen LogP contribution in [0.2, 0.25) is 0 Å². The largest absolute Gasteiger partial charge is 0.339 e. The number of likely N-dealkylation sites (N-methyl/N-ethyl adjacent to an activating group) is 1. The van der Waals surface area contributed by atoms with Crippen LogP contribution in [0.4, 0.5) is 0 Å². The molecule has 1 saturated carbocycles. The molecule has 2 aromatic rings. The lowest BCUT2D eigenvalue weighted by atomic mass is 9.84. The number of hydrogen-bond acceptors (Lipinski definition) is 5. The lowest BCUT2D eigenvalue weighted by Gasteiger charge is -2.29. The Balaban J connectivity index is 1.81. The van der Waals surface area contributed by atoms with E-state index in [1.165, 1.54) is 19.3 Å². The van der Waals surface area contributed by atoms with Crippen molar-refractivity contribution >= 4 is 0 Å². The molecule has 0 saturated heterocycles. The van der Waals surface area contributed by atoms with Crippen LogP contribution < -0.4 is 5.32 Å². The van der Waals surface area contributed by atoms with E-state index in [0.717, 1.165) is 24.4 Å². The van der Waals surface area contributed by atoms with Crippen LogP contribution in [-0.4, -0.2) is 32.5 Å². The average Bonchev–Trinajstić information content (AvgIpc) is 3.08. The Morgan fingerprint density at radius 2 is 2.25 bits per heavy atom. The second-order valence-electron chi connectivity index (χ2n) is 5.41. The van der Waals surface area contributed by atoms with E-state index in [1.54, 1.807) is 10.9 Å². The van der Waals surface area contributed by atoms with Crippen LogP contribution in [0.5, 0.6) is 0 Å². The van der Waals surface area contributed by atoms with E-state index in [-0.39, 0.29) is 0 Å². The first kappa shape index (κ1) is 13.3. The van der Waals surface area contributed by atoms with Gasteiger partial charge in [-0.15, -0.1) is 0 Å². The fraction of sp³-hybridized carbons (Fsp3) is 0.643. The summed E-state index contributed by atoms with van der Waals surface area (Å²) in [6, 6.07) is 0.455. The van der Waals surface area contributed by atoms with E-state index < -0.39 is 0 Å². The molecule has 0 aliphatic heterocycles. The molecule has 2 heterocycles. The van der Waals surface area contributed by atoms with Gasteiger partial charge in [0.15, 0.2) is 0 Å². The summed E-state index contributed by atoms with van der Waals surface area (Å²) in [5.74, 6) is 1.73. The minimum Gasteiger partial charge on any atom is -0.339 e. The third kappa shape index (κ3) is 2.60. The van der Waals surface area contributed by atoms with Crippen molar-refractivity contribution in [2.24, 2.45) is 7.05 Å². The maximum Gasteiger partial charge on any atom is 0.231 e. The zero-order valence-corrected chi connectivity index (χ0v) is 12.0. The van der Waals surface area contributed by atoms with Crippen molar-refractivity contribution < 1.29 is 4.52 Å². The van der Waals surface area contributed by atoms with E-state index in [0.29, 0.717) is 17.8 Å². The SMILES string of the molecule is CCNC1CCCCC1c1nc(-c2cnn(C)c2)no1. The normalized spacial score (nSPS) is 23.1. The van der Waals surface area contributed by atoms with Gasteiger partial charge in [-0.25, -0.2) is 0 Å². The number of rotatable bonds is 4. The van der Waals surface area contributed by atoms with Crippen molar-refractivity contribution in [1.29, 1.82) is 0 Å².